The largest absolute Gasteiger partial charge is 0.309 e. The molecule has 0 atom stereocenters. The molecule has 0 aliphatic carbocycles. The Morgan fingerprint density at radius 1 is 0.500 bits per heavy atom. The van der Waals surface area contributed by atoms with Gasteiger partial charge in [-0.2, -0.15) is 5.26 Å². The minimum absolute atomic E-state index is 0.324. The minimum atomic E-state index is -0.557. The van der Waals surface area contributed by atoms with Crippen LogP contribution in [0.25, 0.3) is 22.6 Å². The summed E-state index contributed by atoms with van der Waals surface area (Å²) in [7, 11) is 0. The molecule has 0 fully saturated rings. The molecule has 4 heteroatoms. The highest BCUT2D eigenvalue weighted by atomic mass is 15.2. The second kappa shape index (κ2) is 11.3. The van der Waals surface area contributed by atoms with Crippen LogP contribution in [0.15, 0.2) is 170 Å². The van der Waals surface area contributed by atoms with Crippen molar-refractivity contribution in [2.75, 3.05) is 4.90 Å². The summed E-state index contributed by atoms with van der Waals surface area (Å²) in [5, 5.41) is 9.98. The highest BCUT2D eigenvalue weighted by Crippen LogP contribution is 2.58. The second-order valence-electron chi connectivity index (χ2n) is 11.3. The van der Waals surface area contributed by atoms with Crippen molar-refractivity contribution in [3.05, 3.63) is 198 Å². The van der Waals surface area contributed by atoms with Crippen LogP contribution < -0.4 is 4.90 Å². The van der Waals surface area contributed by atoms with E-state index in [2.05, 4.69) is 126 Å². The summed E-state index contributed by atoms with van der Waals surface area (Å²) in [6, 6.07) is 61.1. The lowest BCUT2D eigenvalue weighted by atomic mass is 9.62. The first-order chi connectivity index (χ1) is 22.8. The predicted molar refractivity (Wildman–Crippen MR) is 184 cm³/mol. The Bertz CT molecular complexity index is 2130. The SMILES string of the molecule is N#Cc1cc(-c2ccccc2)nc(-c2ccccc2N2c3ccccc3C(c3ccccc3)(c3ccccc3)c3ccccc32)n1. The highest BCUT2D eigenvalue weighted by Gasteiger charge is 2.46. The van der Waals surface area contributed by atoms with Gasteiger partial charge in [-0.3, -0.25) is 0 Å². The molecule has 46 heavy (non-hydrogen) atoms. The summed E-state index contributed by atoms with van der Waals surface area (Å²) in [6.07, 6.45) is 0. The molecule has 0 saturated heterocycles. The van der Waals surface area contributed by atoms with Gasteiger partial charge in [0.15, 0.2) is 5.82 Å². The molecule has 2 heterocycles. The van der Waals surface area contributed by atoms with E-state index in [-0.39, 0.29) is 0 Å². The highest BCUT2D eigenvalue weighted by molar-refractivity contribution is 5.93. The van der Waals surface area contributed by atoms with Gasteiger partial charge in [0.2, 0.25) is 0 Å². The van der Waals surface area contributed by atoms with Crippen LogP contribution >= 0.6 is 0 Å². The topological polar surface area (TPSA) is 52.8 Å². The van der Waals surface area contributed by atoms with Crippen LogP contribution in [-0.2, 0) is 5.41 Å². The Labute approximate surface area is 268 Å². The van der Waals surface area contributed by atoms with Gasteiger partial charge in [-0.15, -0.1) is 0 Å². The van der Waals surface area contributed by atoms with E-state index in [9.17, 15) is 5.26 Å². The Balaban J connectivity index is 1.42. The van der Waals surface area contributed by atoms with Gasteiger partial charge in [-0.05, 0) is 46.5 Å². The number of rotatable bonds is 5. The fraction of sp³-hybridized carbons (Fsp3) is 0.0238. The van der Waals surface area contributed by atoms with Crippen molar-refractivity contribution in [1.29, 1.82) is 5.26 Å². The zero-order chi connectivity index (χ0) is 30.9. The Morgan fingerprint density at radius 2 is 0.978 bits per heavy atom. The molecule has 1 aliphatic rings. The fourth-order valence-corrected chi connectivity index (χ4v) is 6.91. The number of benzene rings is 6. The van der Waals surface area contributed by atoms with Gasteiger partial charge in [-0.25, -0.2) is 9.97 Å². The fourth-order valence-electron chi connectivity index (χ4n) is 6.91. The molecular weight excluding hydrogens is 560 g/mol. The first-order valence-corrected chi connectivity index (χ1v) is 15.3. The first kappa shape index (κ1) is 27.3. The van der Waals surface area contributed by atoms with Crippen LogP contribution in [0.4, 0.5) is 17.1 Å². The van der Waals surface area contributed by atoms with E-state index in [0.717, 1.165) is 28.2 Å². The Hall–Kier alpha value is -6.31. The standard InChI is InChI=1S/C42H28N4/c43-29-33-28-37(30-16-4-1-5-17-30)45-41(44-33)34-22-10-13-25-38(34)46-39-26-14-11-23-35(39)42(31-18-6-2-7-19-31,32-20-8-3-9-21-32)36-24-12-15-27-40(36)46/h1-28H. The third-order valence-corrected chi connectivity index (χ3v) is 8.81. The Kier molecular flexibility index (Phi) is 6.70. The maximum Gasteiger partial charge on any atom is 0.163 e. The molecule has 8 rings (SSSR count). The summed E-state index contributed by atoms with van der Waals surface area (Å²) in [5.74, 6) is 0.506. The molecular formula is C42H28N4. The summed E-state index contributed by atoms with van der Waals surface area (Å²) >= 11 is 0. The molecule has 0 N–H and O–H groups in total. The lowest BCUT2D eigenvalue weighted by molar-refractivity contribution is 0.731. The number of hydrogen-bond acceptors (Lipinski definition) is 4. The van der Waals surface area contributed by atoms with Crippen LogP contribution in [0.2, 0.25) is 0 Å². The maximum atomic E-state index is 9.98. The van der Waals surface area contributed by atoms with Crippen LogP contribution in [0.5, 0.6) is 0 Å². The van der Waals surface area contributed by atoms with E-state index < -0.39 is 5.41 Å². The maximum absolute atomic E-state index is 9.98. The van der Waals surface area contributed by atoms with Crippen molar-refractivity contribution in [2.24, 2.45) is 0 Å². The van der Waals surface area contributed by atoms with Crippen LogP contribution in [0, 0.1) is 11.3 Å². The average Bonchev–Trinajstić information content (AvgIpc) is 3.15. The number of nitrogens with zero attached hydrogens (tertiary/aromatic N) is 4. The summed E-state index contributed by atoms with van der Waals surface area (Å²) in [6.45, 7) is 0. The predicted octanol–water partition coefficient (Wildman–Crippen LogP) is 9.85. The number of nitriles is 1. The summed E-state index contributed by atoms with van der Waals surface area (Å²) < 4.78 is 0. The van der Waals surface area contributed by atoms with Crippen molar-refractivity contribution in [3.8, 4) is 28.7 Å². The third kappa shape index (κ3) is 4.29. The molecule has 0 bridgehead atoms. The van der Waals surface area contributed by atoms with Gasteiger partial charge in [0.05, 0.1) is 28.2 Å². The van der Waals surface area contributed by atoms with Crippen molar-refractivity contribution in [3.63, 3.8) is 0 Å². The molecule has 0 amide bonds. The zero-order valence-electron chi connectivity index (χ0n) is 25.0. The van der Waals surface area contributed by atoms with Gasteiger partial charge >= 0.3 is 0 Å². The van der Waals surface area contributed by atoms with Crippen LogP contribution in [0.3, 0.4) is 0 Å². The number of fused-ring (bicyclic) bond motifs is 2. The van der Waals surface area contributed by atoms with E-state index in [1.165, 1.54) is 22.3 Å². The van der Waals surface area contributed by atoms with E-state index in [0.29, 0.717) is 17.2 Å². The minimum Gasteiger partial charge on any atom is -0.309 e. The van der Waals surface area contributed by atoms with Gasteiger partial charge < -0.3 is 4.90 Å². The second-order valence-corrected chi connectivity index (χ2v) is 11.3. The first-order valence-electron chi connectivity index (χ1n) is 15.3. The molecule has 1 aromatic heterocycles. The molecule has 1 aliphatic heterocycles. The quantitative estimate of drug-likeness (QED) is 0.201. The lowest BCUT2D eigenvalue weighted by Gasteiger charge is -2.46. The molecule has 6 aromatic carbocycles. The third-order valence-electron chi connectivity index (χ3n) is 8.81. The van der Waals surface area contributed by atoms with Gasteiger partial charge in [0.1, 0.15) is 11.8 Å². The van der Waals surface area contributed by atoms with E-state index in [1.54, 1.807) is 6.07 Å². The monoisotopic (exact) mass is 588 g/mol. The molecule has 4 nitrogen and oxygen atoms in total. The number of para-hydroxylation sites is 3. The van der Waals surface area contributed by atoms with Gasteiger partial charge in [0.25, 0.3) is 0 Å². The summed E-state index contributed by atoms with van der Waals surface area (Å²) in [5.41, 5.74) is 10.1. The molecule has 0 unspecified atom stereocenters. The van der Waals surface area contributed by atoms with Gasteiger partial charge in [-0.1, -0.05) is 140 Å². The molecule has 216 valence electrons. The smallest absolute Gasteiger partial charge is 0.163 e. The van der Waals surface area contributed by atoms with Crippen LogP contribution in [-0.4, -0.2) is 9.97 Å². The van der Waals surface area contributed by atoms with Gasteiger partial charge in [0, 0.05) is 17.2 Å². The van der Waals surface area contributed by atoms with E-state index >= 15 is 0 Å². The van der Waals surface area contributed by atoms with E-state index in [4.69, 9.17) is 9.97 Å². The van der Waals surface area contributed by atoms with Crippen molar-refractivity contribution in [1.82, 2.24) is 9.97 Å². The van der Waals surface area contributed by atoms with Crippen molar-refractivity contribution in [2.45, 2.75) is 5.41 Å². The lowest BCUT2D eigenvalue weighted by Crippen LogP contribution is -2.37. The normalized spacial score (nSPS) is 12.9. The van der Waals surface area contributed by atoms with Crippen molar-refractivity contribution >= 4 is 17.1 Å². The molecule has 0 radical (unpaired) electrons. The molecule has 0 spiro atoms. The molecule has 7 aromatic rings. The van der Waals surface area contributed by atoms with E-state index in [1.807, 2.05) is 48.5 Å². The number of hydrogen-bond donors (Lipinski definition) is 0. The Morgan fingerprint density at radius 3 is 1.54 bits per heavy atom. The van der Waals surface area contributed by atoms with Crippen molar-refractivity contribution < 1.29 is 0 Å². The van der Waals surface area contributed by atoms with Crippen LogP contribution in [0.1, 0.15) is 27.9 Å². The molecule has 0 saturated carbocycles. The number of anilines is 3. The summed E-state index contributed by atoms with van der Waals surface area (Å²) in [4.78, 5) is 12.1. The number of aromatic nitrogens is 2. The average molecular weight is 589 g/mol. The zero-order valence-corrected chi connectivity index (χ0v) is 25.0.